The van der Waals surface area contributed by atoms with E-state index in [1.165, 1.54) is 45.6 Å². The first-order valence-electron chi connectivity index (χ1n) is 9.46. The van der Waals surface area contributed by atoms with Crippen LogP contribution in [-0.4, -0.2) is 59.9 Å². The number of thioether (sulfide) groups is 1. The van der Waals surface area contributed by atoms with Crippen LogP contribution in [0.2, 0.25) is 0 Å². The number of carbonyl (C=O) groups is 2. The van der Waals surface area contributed by atoms with E-state index in [4.69, 9.17) is 0 Å². The number of aromatic nitrogens is 1. The zero-order valence-corrected chi connectivity index (χ0v) is 18.4. The van der Waals surface area contributed by atoms with Crippen molar-refractivity contribution < 1.29 is 27.5 Å². The molecule has 2 aromatic rings. The van der Waals surface area contributed by atoms with Crippen molar-refractivity contribution in [3.63, 3.8) is 0 Å². The van der Waals surface area contributed by atoms with E-state index in [0.717, 1.165) is 0 Å². The average molecular weight is 469 g/mol. The molecule has 0 aliphatic carbocycles. The Kier molecular flexibility index (Phi) is 5.48. The Morgan fingerprint density at radius 2 is 2.06 bits per heavy atom. The summed E-state index contributed by atoms with van der Waals surface area (Å²) in [5.41, 5.74) is 0.930. The first-order chi connectivity index (χ1) is 14.6. The number of aryl methyl sites for hydroxylation is 2. The van der Waals surface area contributed by atoms with Gasteiger partial charge < -0.3 is 19.9 Å². The molecule has 3 N–H and O–H groups in total. The second-order valence-electron chi connectivity index (χ2n) is 7.69. The number of benzene rings is 1. The number of rotatable bonds is 2. The second kappa shape index (κ2) is 7.84. The van der Waals surface area contributed by atoms with Gasteiger partial charge in [-0.25, -0.2) is 22.3 Å². The molecular weight excluding hydrogens is 447 g/mol. The van der Waals surface area contributed by atoms with E-state index in [9.17, 15) is 27.5 Å². The predicted octanol–water partition coefficient (Wildman–Crippen LogP) is 2.09. The molecule has 0 unspecified atom stereocenters. The fourth-order valence-electron chi connectivity index (χ4n) is 3.87. The summed E-state index contributed by atoms with van der Waals surface area (Å²) in [5.74, 6) is -0.687. The van der Waals surface area contributed by atoms with E-state index in [2.05, 4.69) is 10.0 Å². The lowest BCUT2D eigenvalue weighted by molar-refractivity contribution is 0.101. The van der Waals surface area contributed by atoms with Crippen LogP contribution in [0, 0.1) is 18.7 Å². The van der Waals surface area contributed by atoms with E-state index in [-0.39, 0.29) is 29.6 Å². The third kappa shape index (κ3) is 4.02. The Morgan fingerprint density at radius 1 is 1.32 bits per heavy atom. The van der Waals surface area contributed by atoms with Gasteiger partial charge in [0.05, 0.1) is 4.90 Å². The molecule has 2 amide bonds. The molecule has 1 saturated heterocycles. The van der Waals surface area contributed by atoms with Crippen molar-refractivity contribution in [3.05, 3.63) is 41.5 Å². The maximum Gasteiger partial charge on any atom is 0.407 e. The zero-order valence-electron chi connectivity index (χ0n) is 16.8. The summed E-state index contributed by atoms with van der Waals surface area (Å²) in [5, 5.41) is 12.0. The van der Waals surface area contributed by atoms with Gasteiger partial charge in [-0.2, -0.15) is 0 Å². The summed E-state index contributed by atoms with van der Waals surface area (Å²) in [6.45, 7) is 1.88. The van der Waals surface area contributed by atoms with Crippen LogP contribution in [0.5, 0.6) is 0 Å². The van der Waals surface area contributed by atoms with Crippen LogP contribution in [0.4, 0.5) is 14.9 Å². The molecule has 0 radical (unpaired) electrons. The van der Waals surface area contributed by atoms with E-state index in [1.54, 1.807) is 14.0 Å². The van der Waals surface area contributed by atoms with Crippen LogP contribution in [-0.2, 0) is 17.1 Å². The first-order valence-corrected chi connectivity index (χ1v) is 11.9. The molecule has 2 aliphatic rings. The Bertz CT molecular complexity index is 1180. The maximum atomic E-state index is 13.5. The van der Waals surface area contributed by atoms with Crippen molar-refractivity contribution in [3.8, 4) is 0 Å². The van der Waals surface area contributed by atoms with Gasteiger partial charge in [0.2, 0.25) is 10.0 Å². The van der Waals surface area contributed by atoms with Crippen molar-refractivity contribution in [1.82, 2.24) is 14.2 Å². The predicted molar refractivity (Wildman–Crippen MR) is 112 cm³/mol. The number of nitrogens with one attached hydrogen (secondary N) is 2. The lowest BCUT2D eigenvalue weighted by atomic mass is 10.1. The van der Waals surface area contributed by atoms with E-state index < -0.39 is 33.9 Å². The number of carbonyl (C=O) groups excluding carboxylic acids is 1. The van der Waals surface area contributed by atoms with Gasteiger partial charge in [-0.05, 0) is 30.7 Å². The Balaban J connectivity index is 1.67. The van der Waals surface area contributed by atoms with E-state index in [0.29, 0.717) is 21.9 Å². The van der Waals surface area contributed by atoms with E-state index >= 15 is 0 Å². The van der Waals surface area contributed by atoms with Gasteiger partial charge in [0.25, 0.3) is 5.91 Å². The quantitative estimate of drug-likeness (QED) is 0.621. The van der Waals surface area contributed by atoms with Crippen molar-refractivity contribution in [2.75, 3.05) is 24.2 Å². The monoisotopic (exact) mass is 468 g/mol. The van der Waals surface area contributed by atoms with E-state index in [1.807, 2.05) is 0 Å². The van der Waals surface area contributed by atoms with Crippen molar-refractivity contribution in [1.29, 1.82) is 0 Å². The highest BCUT2D eigenvalue weighted by Gasteiger charge is 2.41. The molecule has 2 aliphatic heterocycles. The SMILES string of the molecule is Cc1cc(NC(=O)c2c3c(cn2C)S(=O)(=O)N[C@H]2CN(C(=O)O)C[C@H]2CS3)ccc1F. The summed E-state index contributed by atoms with van der Waals surface area (Å²) in [6.07, 6.45) is 0.281. The molecule has 31 heavy (non-hydrogen) atoms. The van der Waals surface area contributed by atoms with Crippen molar-refractivity contribution in [2.45, 2.75) is 22.8 Å². The lowest BCUT2D eigenvalue weighted by Crippen LogP contribution is -2.42. The molecule has 12 heteroatoms. The number of hydrogen-bond acceptors (Lipinski definition) is 5. The van der Waals surface area contributed by atoms with Gasteiger partial charge in [-0.1, -0.05) is 0 Å². The smallest absolute Gasteiger partial charge is 0.407 e. The number of sulfonamides is 1. The summed E-state index contributed by atoms with van der Waals surface area (Å²) in [6, 6.07) is 3.65. The Labute approximate surface area is 182 Å². The molecule has 0 bridgehead atoms. The van der Waals surface area contributed by atoms with Crippen LogP contribution in [0.15, 0.2) is 34.2 Å². The molecule has 9 nitrogen and oxygen atoms in total. The summed E-state index contributed by atoms with van der Waals surface area (Å²) < 4.78 is 43.6. The molecule has 166 valence electrons. The first kappa shape index (κ1) is 21.7. The maximum absolute atomic E-state index is 13.5. The lowest BCUT2D eigenvalue weighted by Gasteiger charge is -2.22. The highest BCUT2D eigenvalue weighted by molar-refractivity contribution is 8.00. The topological polar surface area (TPSA) is 121 Å². The Morgan fingerprint density at radius 3 is 2.74 bits per heavy atom. The minimum Gasteiger partial charge on any atom is -0.465 e. The molecule has 0 spiro atoms. The highest BCUT2D eigenvalue weighted by Crippen LogP contribution is 2.37. The normalized spacial score (nSPS) is 22.2. The fourth-order valence-corrected chi connectivity index (χ4v) is 7.09. The van der Waals surface area contributed by atoms with Crippen LogP contribution >= 0.6 is 11.8 Å². The number of carboxylic acid groups (broad SMARTS) is 1. The van der Waals surface area contributed by atoms with Gasteiger partial charge in [0.1, 0.15) is 16.4 Å². The van der Waals surface area contributed by atoms with Gasteiger partial charge in [-0.3, -0.25) is 4.79 Å². The third-order valence-electron chi connectivity index (χ3n) is 5.48. The minimum absolute atomic E-state index is 0.0207. The average Bonchev–Trinajstić information content (AvgIpc) is 3.22. The number of hydrogen-bond donors (Lipinski definition) is 3. The number of halogens is 1. The fraction of sp³-hybridized carbons (Fsp3) is 0.368. The highest BCUT2D eigenvalue weighted by atomic mass is 32.2. The number of amides is 2. The molecule has 1 aromatic heterocycles. The third-order valence-corrected chi connectivity index (χ3v) is 8.41. The minimum atomic E-state index is -3.97. The molecular formula is C19H21FN4O5S2. The molecule has 1 fully saturated rings. The summed E-state index contributed by atoms with van der Waals surface area (Å²) >= 11 is 1.23. The summed E-state index contributed by atoms with van der Waals surface area (Å²) in [7, 11) is -2.38. The van der Waals surface area contributed by atoms with Gasteiger partial charge in [0, 0.05) is 49.7 Å². The van der Waals surface area contributed by atoms with Crippen LogP contribution in [0.25, 0.3) is 0 Å². The number of fused-ring (bicyclic) bond motifs is 2. The van der Waals surface area contributed by atoms with Crippen molar-refractivity contribution in [2.24, 2.45) is 13.0 Å². The van der Waals surface area contributed by atoms with Crippen LogP contribution < -0.4 is 10.0 Å². The van der Waals surface area contributed by atoms with Gasteiger partial charge >= 0.3 is 6.09 Å². The summed E-state index contributed by atoms with van der Waals surface area (Å²) in [4.78, 5) is 25.8. The zero-order chi connectivity index (χ0) is 22.5. The number of likely N-dealkylation sites (tertiary alicyclic amines) is 1. The van der Waals surface area contributed by atoms with Crippen LogP contribution in [0.3, 0.4) is 0 Å². The van der Waals surface area contributed by atoms with Crippen LogP contribution in [0.1, 0.15) is 16.1 Å². The molecule has 3 heterocycles. The molecule has 1 aromatic carbocycles. The standard InChI is InChI=1S/C19H21FN4O5S2/c1-10-5-12(3-4-13(10)20)21-18(25)16-17-15(8-23(16)2)31(28,29)22-14-7-24(19(26)27)6-11(14)9-30-17/h3-5,8,11,14,22H,6-7,9H2,1-2H3,(H,21,25)(H,26,27)/t11-,14-/m0/s1. The van der Waals surface area contributed by atoms with Gasteiger partial charge in [0.15, 0.2) is 0 Å². The number of anilines is 1. The number of nitrogens with zero attached hydrogens (tertiary/aromatic N) is 2. The molecule has 0 saturated carbocycles. The second-order valence-corrected chi connectivity index (χ2v) is 10.4. The molecule has 2 atom stereocenters. The van der Waals surface area contributed by atoms with Gasteiger partial charge in [-0.15, -0.1) is 11.8 Å². The Hall–Kier alpha value is -2.57. The van der Waals surface area contributed by atoms with Crippen molar-refractivity contribution >= 4 is 39.5 Å². The largest absolute Gasteiger partial charge is 0.465 e. The molecule has 4 rings (SSSR count).